The second-order valence-corrected chi connectivity index (χ2v) is 12.3. The van der Waals surface area contributed by atoms with Gasteiger partial charge in [-0.1, -0.05) is 109 Å². The second kappa shape index (κ2) is 14.6. The Kier molecular flexibility index (Phi) is 9.28. The van der Waals surface area contributed by atoms with Gasteiger partial charge in [0.1, 0.15) is 11.5 Å². The fraction of sp³-hybridized carbons (Fsp3) is 0.0435. The molecule has 0 spiro atoms. The van der Waals surface area contributed by atoms with Crippen molar-refractivity contribution in [2.24, 2.45) is 0 Å². The molecule has 7 rings (SSSR count). The molecule has 1 heterocycles. The van der Waals surface area contributed by atoms with Crippen LogP contribution in [0.15, 0.2) is 181 Å². The molecule has 0 unspecified atom stereocenters. The lowest BCUT2D eigenvalue weighted by molar-refractivity contribution is 0.332. The summed E-state index contributed by atoms with van der Waals surface area (Å²) in [7, 11) is 4.01. The molecule has 0 N–H and O–H groups in total. The maximum absolute atomic E-state index is 9.62. The Morgan fingerprint density at radius 2 is 1.08 bits per heavy atom. The maximum atomic E-state index is 9.62. The van der Waals surface area contributed by atoms with E-state index in [1.807, 2.05) is 61.5 Å². The molecule has 51 heavy (non-hydrogen) atoms. The third-order valence-electron chi connectivity index (χ3n) is 8.78. The monoisotopic (exact) mass is 658 g/mol. The third kappa shape index (κ3) is 7.06. The summed E-state index contributed by atoms with van der Waals surface area (Å²) in [4.78, 5) is 7.82. The van der Waals surface area contributed by atoms with Gasteiger partial charge in [0.2, 0.25) is 0 Å². The zero-order valence-electron chi connectivity index (χ0n) is 28.4. The Labute approximate surface area is 298 Å². The van der Waals surface area contributed by atoms with Crippen LogP contribution in [0.2, 0.25) is 0 Å². The predicted molar refractivity (Wildman–Crippen MR) is 211 cm³/mol. The lowest BCUT2D eigenvalue weighted by Crippen LogP contribution is -2.11. The van der Waals surface area contributed by atoms with Gasteiger partial charge < -0.3 is 14.5 Å². The average Bonchev–Trinajstić information content (AvgIpc) is 3.18. The number of anilines is 4. The van der Waals surface area contributed by atoms with Gasteiger partial charge in [-0.3, -0.25) is 0 Å². The van der Waals surface area contributed by atoms with E-state index in [1.54, 1.807) is 12.2 Å². The standard InChI is InChI=1S/C46H34N4O/c1-48-44(32-47)37-30-40(28-22-33-18-24-38(25-19-33)49(2)3)51-41(31-37)29-23-34-20-26-39(27-21-34)50(45-16-8-12-35-10-4-6-14-42(35)45)46-17-9-13-36-11-5-7-15-43(36)46/h4-31H,2-3H3/b28-22+,29-23+,44-37+. The lowest BCUT2D eigenvalue weighted by atomic mass is 10.0. The van der Waals surface area contributed by atoms with Crippen LogP contribution in [0.1, 0.15) is 11.1 Å². The molecule has 0 amide bonds. The van der Waals surface area contributed by atoms with Gasteiger partial charge in [0.05, 0.1) is 24.0 Å². The number of rotatable bonds is 8. The topological polar surface area (TPSA) is 43.9 Å². The number of benzene rings is 6. The van der Waals surface area contributed by atoms with Gasteiger partial charge in [-0.05, 0) is 88.2 Å². The van der Waals surface area contributed by atoms with Crippen LogP contribution in [0.3, 0.4) is 0 Å². The van der Waals surface area contributed by atoms with Crippen molar-refractivity contribution >= 4 is 56.4 Å². The van der Waals surface area contributed by atoms with Crippen LogP contribution in [-0.2, 0) is 4.74 Å². The van der Waals surface area contributed by atoms with Crippen LogP contribution in [0.5, 0.6) is 0 Å². The van der Waals surface area contributed by atoms with E-state index in [1.165, 1.54) is 21.5 Å². The molecule has 6 aromatic carbocycles. The maximum Gasteiger partial charge on any atom is 0.269 e. The Morgan fingerprint density at radius 3 is 1.55 bits per heavy atom. The highest BCUT2D eigenvalue weighted by Crippen LogP contribution is 2.42. The molecule has 244 valence electrons. The summed E-state index contributed by atoms with van der Waals surface area (Å²) in [6.07, 6.45) is 11.1. The minimum atomic E-state index is 0.0109. The van der Waals surface area contributed by atoms with Crippen LogP contribution in [0, 0.1) is 17.9 Å². The molecule has 0 saturated carbocycles. The third-order valence-corrected chi connectivity index (χ3v) is 8.78. The van der Waals surface area contributed by atoms with E-state index in [2.05, 4.69) is 131 Å². The van der Waals surface area contributed by atoms with Crippen molar-refractivity contribution in [3.63, 3.8) is 0 Å². The van der Waals surface area contributed by atoms with Crippen LogP contribution >= 0.6 is 0 Å². The first-order valence-corrected chi connectivity index (χ1v) is 16.6. The molecule has 5 nitrogen and oxygen atoms in total. The van der Waals surface area contributed by atoms with Crippen LogP contribution in [0.4, 0.5) is 22.7 Å². The fourth-order valence-corrected chi connectivity index (χ4v) is 6.19. The molecule has 0 aromatic heterocycles. The quantitative estimate of drug-likeness (QED) is 0.121. The predicted octanol–water partition coefficient (Wildman–Crippen LogP) is 11.8. The number of allylic oxidation sites excluding steroid dienone is 6. The van der Waals surface area contributed by atoms with Crippen molar-refractivity contribution in [3.8, 4) is 6.07 Å². The molecule has 0 fully saturated rings. The Hall–Kier alpha value is -7.08. The van der Waals surface area contributed by atoms with E-state index in [-0.39, 0.29) is 5.70 Å². The summed E-state index contributed by atoms with van der Waals surface area (Å²) in [6.45, 7) is 7.52. The molecule has 1 aliphatic heterocycles. The summed E-state index contributed by atoms with van der Waals surface area (Å²) in [6, 6.07) is 48.4. The van der Waals surface area contributed by atoms with Gasteiger partial charge in [-0.15, -0.1) is 0 Å². The number of nitriles is 1. The number of nitrogens with zero attached hydrogens (tertiary/aromatic N) is 4. The lowest BCUT2D eigenvalue weighted by Gasteiger charge is -2.28. The summed E-state index contributed by atoms with van der Waals surface area (Å²) in [5.41, 5.74) is 6.84. The van der Waals surface area contributed by atoms with Crippen molar-refractivity contribution in [1.29, 1.82) is 5.26 Å². The van der Waals surface area contributed by atoms with Crippen LogP contribution < -0.4 is 9.80 Å². The smallest absolute Gasteiger partial charge is 0.269 e. The molecule has 1 aliphatic rings. The average molecular weight is 659 g/mol. The van der Waals surface area contributed by atoms with E-state index in [0.717, 1.165) is 33.9 Å². The van der Waals surface area contributed by atoms with Gasteiger partial charge in [-0.2, -0.15) is 0 Å². The minimum absolute atomic E-state index is 0.0109. The SMILES string of the molecule is [C-]#[N+]/C(C#N)=C1C=C(/C=C/c2ccc(N(C)C)cc2)OC(/C=C/c2ccc(N(c3cccc4ccccc34)c3cccc4ccccc34)cc2)=C\1. The van der Waals surface area contributed by atoms with E-state index < -0.39 is 0 Å². The first-order valence-electron chi connectivity index (χ1n) is 16.6. The highest BCUT2D eigenvalue weighted by atomic mass is 16.5. The molecule has 0 saturated heterocycles. The van der Waals surface area contributed by atoms with Gasteiger partial charge in [0.15, 0.2) is 0 Å². The van der Waals surface area contributed by atoms with Crippen molar-refractivity contribution in [2.75, 3.05) is 23.9 Å². The molecule has 0 bridgehead atoms. The van der Waals surface area contributed by atoms with E-state index in [0.29, 0.717) is 17.1 Å². The highest BCUT2D eigenvalue weighted by molar-refractivity contribution is 6.04. The normalized spacial score (nSPS) is 13.7. The first kappa shape index (κ1) is 32.5. The molecule has 0 radical (unpaired) electrons. The molecule has 6 aromatic rings. The van der Waals surface area contributed by atoms with Gasteiger partial charge in [0.25, 0.3) is 5.70 Å². The molecular formula is C46H34N4O. The number of ether oxygens (including phenoxy) is 1. The summed E-state index contributed by atoms with van der Waals surface area (Å²) in [5.74, 6) is 1.07. The zero-order chi connectivity index (χ0) is 35.2. The summed E-state index contributed by atoms with van der Waals surface area (Å²) in [5, 5.41) is 14.3. The Bertz CT molecular complexity index is 2380. The van der Waals surface area contributed by atoms with Gasteiger partial charge in [-0.25, -0.2) is 10.1 Å². The van der Waals surface area contributed by atoms with Crippen molar-refractivity contribution in [3.05, 3.63) is 203 Å². The highest BCUT2D eigenvalue weighted by Gasteiger charge is 2.17. The van der Waals surface area contributed by atoms with Crippen molar-refractivity contribution in [2.45, 2.75) is 0 Å². The number of hydrogen-bond donors (Lipinski definition) is 0. The van der Waals surface area contributed by atoms with Crippen LogP contribution in [0.25, 0.3) is 38.5 Å². The molecule has 5 heteroatoms. The fourth-order valence-electron chi connectivity index (χ4n) is 6.19. The number of hydrogen-bond acceptors (Lipinski definition) is 4. The van der Waals surface area contributed by atoms with Crippen LogP contribution in [-0.4, -0.2) is 14.1 Å². The van der Waals surface area contributed by atoms with E-state index in [4.69, 9.17) is 11.3 Å². The largest absolute Gasteiger partial charge is 0.457 e. The second-order valence-electron chi connectivity index (χ2n) is 12.3. The van der Waals surface area contributed by atoms with E-state index >= 15 is 0 Å². The first-order chi connectivity index (χ1) is 25.0. The van der Waals surface area contributed by atoms with Crippen molar-refractivity contribution < 1.29 is 4.74 Å². The Morgan fingerprint density at radius 1 is 0.608 bits per heavy atom. The summed E-state index contributed by atoms with van der Waals surface area (Å²) >= 11 is 0. The van der Waals surface area contributed by atoms with E-state index in [9.17, 15) is 5.26 Å². The molecule has 0 atom stereocenters. The van der Waals surface area contributed by atoms with Gasteiger partial charge in [0, 0.05) is 36.2 Å². The van der Waals surface area contributed by atoms with Gasteiger partial charge >= 0.3 is 0 Å². The molecular weight excluding hydrogens is 625 g/mol. The van der Waals surface area contributed by atoms with Crippen molar-refractivity contribution in [1.82, 2.24) is 0 Å². The summed E-state index contributed by atoms with van der Waals surface area (Å²) < 4.78 is 6.21. The number of fused-ring (bicyclic) bond motifs is 2. The minimum Gasteiger partial charge on any atom is -0.457 e. The Balaban J connectivity index is 1.20. The molecule has 0 aliphatic carbocycles. The zero-order valence-corrected chi connectivity index (χ0v) is 28.4.